The van der Waals surface area contributed by atoms with Gasteiger partial charge in [-0.05, 0) is 43.7 Å². The van der Waals surface area contributed by atoms with E-state index in [1.807, 2.05) is 18.5 Å². The number of furan rings is 1. The average molecular weight is 392 g/mol. The van der Waals surface area contributed by atoms with Crippen LogP contribution in [0.5, 0.6) is 0 Å². The van der Waals surface area contributed by atoms with Crippen LogP contribution in [0.3, 0.4) is 0 Å². The summed E-state index contributed by atoms with van der Waals surface area (Å²) < 4.78 is 21.2. The second kappa shape index (κ2) is 7.87. The van der Waals surface area contributed by atoms with E-state index in [1.54, 1.807) is 6.26 Å². The van der Waals surface area contributed by atoms with Crippen LogP contribution in [0.2, 0.25) is 0 Å². The van der Waals surface area contributed by atoms with Gasteiger partial charge >= 0.3 is 0 Å². The summed E-state index contributed by atoms with van der Waals surface area (Å²) in [5.41, 5.74) is 3.98. The van der Waals surface area contributed by atoms with Crippen LogP contribution in [0.1, 0.15) is 12.8 Å². The van der Waals surface area contributed by atoms with Crippen molar-refractivity contribution in [2.45, 2.75) is 19.4 Å². The molecule has 2 aromatic heterocycles. The topological polar surface area (TPSA) is 37.4 Å². The minimum Gasteiger partial charge on any atom is -0.462 e. The molecule has 0 amide bonds. The molecule has 5 nitrogen and oxygen atoms in total. The molecule has 5 rings (SSSR count). The fourth-order valence-electron chi connectivity index (χ4n) is 4.25. The average Bonchev–Trinajstić information content (AvgIpc) is 3.35. The van der Waals surface area contributed by atoms with Gasteiger partial charge in [-0.3, -0.25) is 4.90 Å². The highest BCUT2D eigenvalue weighted by Gasteiger charge is 2.20. The second-order valence-electron chi connectivity index (χ2n) is 7.72. The van der Waals surface area contributed by atoms with Crippen LogP contribution >= 0.6 is 0 Å². The number of piperazine rings is 1. The number of aryl methyl sites for hydroxylation is 1. The number of hydrogen-bond acceptors (Lipinski definition) is 4. The van der Waals surface area contributed by atoms with Crippen LogP contribution in [-0.2, 0) is 6.54 Å². The van der Waals surface area contributed by atoms with Crippen molar-refractivity contribution in [1.82, 2.24) is 14.5 Å². The molecule has 1 fully saturated rings. The number of para-hydroxylation sites is 2. The largest absolute Gasteiger partial charge is 0.462 e. The number of hydrogen-bond donors (Lipinski definition) is 0. The first-order valence-corrected chi connectivity index (χ1v) is 10.3. The molecule has 1 saturated heterocycles. The van der Waals surface area contributed by atoms with E-state index < -0.39 is 0 Å². The summed E-state index contributed by atoms with van der Waals surface area (Å²) in [7, 11) is 0. The zero-order chi connectivity index (χ0) is 19.6. The standard InChI is InChI=1S/C23H25FN4O/c24-18-7-8-19-22(16-29-23(19)15-18)27-13-11-26(12-14-27)9-3-4-10-28-17-25-20-5-1-2-6-21(20)28/h1-2,5-8,15-17H,3-4,9-14H2. The quantitative estimate of drug-likeness (QED) is 0.452. The molecule has 0 atom stereocenters. The Hall–Kier alpha value is -2.86. The first-order valence-electron chi connectivity index (χ1n) is 10.3. The molecule has 0 N–H and O–H groups in total. The van der Waals surface area contributed by atoms with Crippen LogP contribution in [0.25, 0.3) is 22.0 Å². The molecule has 0 aliphatic carbocycles. The Labute approximate surface area is 169 Å². The van der Waals surface area contributed by atoms with Gasteiger partial charge in [-0.25, -0.2) is 9.37 Å². The van der Waals surface area contributed by atoms with Gasteiger partial charge < -0.3 is 13.9 Å². The zero-order valence-corrected chi connectivity index (χ0v) is 16.4. The highest BCUT2D eigenvalue weighted by molar-refractivity contribution is 5.91. The van der Waals surface area contributed by atoms with Crippen LogP contribution in [-0.4, -0.2) is 47.2 Å². The smallest absolute Gasteiger partial charge is 0.138 e. The molecule has 3 heterocycles. The van der Waals surface area contributed by atoms with Crippen molar-refractivity contribution < 1.29 is 8.81 Å². The maximum atomic E-state index is 13.4. The predicted molar refractivity (Wildman–Crippen MR) is 114 cm³/mol. The SMILES string of the molecule is Fc1ccc2c(N3CCN(CCCCn4cnc5ccccc54)CC3)coc2c1. The lowest BCUT2D eigenvalue weighted by atomic mass is 10.2. The Morgan fingerprint density at radius 2 is 1.79 bits per heavy atom. The maximum absolute atomic E-state index is 13.4. The van der Waals surface area contributed by atoms with Crippen molar-refractivity contribution in [2.75, 3.05) is 37.6 Å². The van der Waals surface area contributed by atoms with E-state index in [1.165, 1.54) is 24.1 Å². The molecule has 0 spiro atoms. The molecule has 0 saturated carbocycles. The lowest BCUT2D eigenvalue weighted by molar-refractivity contribution is 0.251. The van der Waals surface area contributed by atoms with E-state index in [0.717, 1.165) is 62.3 Å². The molecule has 4 aromatic rings. The maximum Gasteiger partial charge on any atom is 0.138 e. The Kier molecular flexibility index (Phi) is 4.94. The number of fused-ring (bicyclic) bond motifs is 2. The molecular weight excluding hydrogens is 367 g/mol. The van der Waals surface area contributed by atoms with Gasteiger partial charge in [0.1, 0.15) is 17.7 Å². The minimum atomic E-state index is -0.257. The molecule has 0 unspecified atom stereocenters. The summed E-state index contributed by atoms with van der Waals surface area (Å²) in [6, 6.07) is 13.1. The summed E-state index contributed by atoms with van der Waals surface area (Å²) >= 11 is 0. The third-order valence-corrected chi connectivity index (χ3v) is 5.88. The van der Waals surface area contributed by atoms with E-state index in [-0.39, 0.29) is 5.82 Å². The van der Waals surface area contributed by atoms with Crippen LogP contribution in [0, 0.1) is 5.82 Å². The third-order valence-electron chi connectivity index (χ3n) is 5.88. The third kappa shape index (κ3) is 3.72. The number of halogens is 1. The van der Waals surface area contributed by atoms with Gasteiger partial charge in [0.2, 0.25) is 0 Å². The predicted octanol–water partition coefficient (Wildman–Crippen LogP) is 4.52. The Balaban J connectivity index is 1.11. The van der Waals surface area contributed by atoms with Crippen LogP contribution in [0.15, 0.2) is 59.5 Å². The van der Waals surface area contributed by atoms with Crippen molar-refractivity contribution >= 4 is 27.7 Å². The number of nitrogens with zero attached hydrogens (tertiary/aromatic N) is 4. The second-order valence-corrected chi connectivity index (χ2v) is 7.72. The monoisotopic (exact) mass is 392 g/mol. The van der Waals surface area contributed by atoms with Crippen LogP contribution in [0.4, 0.5) is 10.1 Å². The van der Waals surface area contributed by atoms with E-state index in [9.17, 15) is 4.39 Å². The minimum absolute atomic E-state index is 0.257. The van der Waals surface area contributed by atoms with E-state index in [0.29, 0.717) is 5.58 Å². The Morgan fingerprint density at radius 3 is 2.69 bits per heavy atom. The van der Waals surface area contributed by atoms with E-state index in [4.69, 9.17) is 4.42 Å². The molecule has 1 aliphatic rings. The van der Waals surface area contributed by atoms with Gasteiger partial charge in [-0.15, -0.1) is 0 Å². The lowest BCUT2D eigenvalue weighted by Crippen LogP contribution is -2.46. The fourth-order valence-corrected chi connectivity index (χ4v) is 4.25. The molecular formula is C23H25FN4O. The first kappa shape index (κ1) is 18.2. The summed E-state index contributed by atoms with van der Waals surface area (Å²) in [5, 5.41) is 0.993. The first-order chi connectivity index (χ1) is 14.3. The van der Waals surface area contributed by atoms with Gasteiger partial charge in [0.25, 0.3) is 0 Å². The van der Waals surface area contributed by atoms with E-state index >= 15 is 0 Å². The number of imidazole rings is 1. The van der Waals surface area contributed by atoms with Crippen molar-refractivity contribution in [2.24, 2.45) is 0 Å². The number of aromatic nitrogens is 2. The Bertz CT molecular complexity index is 1110. The van der Waals surface area contributed by atoms with E-state index in [2.05, 4.69) is 37.5 Å². The molecule has 0 radical (unpaired) electrons. The van der Waals surface area contributed by atoms with Gasteiger partial charge in [-0.2, -0.15) is 0 Å². The van der Waals surface area contributed by atoms with Crippen LogP contribution < -0.4 is 4.90 Å². The van der Waals surface area contributed by atoms with Crippen molar-refractivity contribution in [3.63, 3.8) is 0 Å². The summed E-state index contributed by atoms with van der Waals surface area (Å²) in [6.07, 6.45) is 6.04. The lowest BCUT2D eigenvalue weighted by Gasteiger charge is -2.35. The number of anilines is 1. The molecule has 1 aliphatic heterocycles. The number of rotatable bonds is 6. The van der Waals surface area contributed by atoms with Gasteiger partial charge in [0.15, 0.2) is 0 Å². The summed E-state index contributed by atoms with van der Waals surface area (Å²) in [4.78, 5) is 9.34. The molecule has 2 aromatic carbocycles. The zero-order valence-electron chi connectivity index (χ0n) is 16.4. The van der Waals surface area contributed by atoms with Crippen molar-refractivity contribution in [3.8, 4) is 0 Å². The Morgan fingerprint density at radius 1 is 0.966 bits per heavy atom. The highest BCUT2D eigenvalue weighted by Crippen LogP contribution is 2.30. The van der Waals surface area contributed by atoms with Gasteiger partial charge in [-0.1, -0.05) is 12.1 Å². The fraction of sp³-hybridized carbons (Fsp3) is 0.348. The normalized spacial score (nSPS) is 15.6. The molecule has 29 heavy (non-hydrogen) atoms. The van der Waals surface area contributed by atoms with Crippen molar-refractivity contribution in [3.05, 3.63) is 60.9 Å². The number of benzene rings is 2. The molecule has 150 valence electrons. The summed E-state index contributed by atoms with van der Waals surface area (Å²) in [5.74, 6) is -0.257. The molecule has 0 bridgehead atoms. The summed E-state index contributed by atoms with van der Waals surface area (Å²) in [6.45, 7) is 6.16. The number of unbranched alkanes of at least 4 members (excludes halogenated alkanes) is 1. The van der Waals surface area contributed by atoms with Gasteiger partial charge in [0, 0.05) is 44.2 Å². The van der Waals surface area contributed by atoms with Gasteiger partial charge in [0.05, 0.1) is 23.0 Å². The van der Waals surface area contributed by atoms with Crippen molar-refractivity contribution in [1.29, 1.82) is 0 Å². The molecule has 6 heteroatoms. The highest BCUT2D eigenvalue weighted by atomic mass is 19.1.